The van der Waals surface area contributed by atoms with Gasteiger partial charge in [-0.05, 0) is 45.2 Å². The van der Waals surface area contributed by atoms with Gasteiger partial charge in [-0.3, -0.25) is 4.18 Å². The summed E-state index contributed by atoms with van der Waals surface area (Å²) >= 11 is 3.41. The van der Waals surface area contributed by atoms with E-state index in [1.807, 2.05) is 18.2 Å². The third-order valence-electron chi connectivity index (χ3n) is 2.85. The molecule has 1 N–H and O–H groups in total. The zero-order chi connectivity index (χ0) is 18.4. The fourth-order valence-corrected chi connectivity index (χ4v) is 3.16. The van der Waals surface area contributed by atoms with Gasteiger partial charge in [-0.25, -0.2) is 4.79 Å². The SMILES string of the molecule is CC(C)(C)OC(=O)NCCC[C@@H](OS(C)(=O)=O)c1ccccc1Br. The molecule has 0 bridgehead atoms. The first-order valence-corrected chi connectivity index (χ1v) is 10.2. The van der Waals surface area contributed by atoms with Crippen LogP contribution in [0.25, 0.3) is 0 Å². The minimum atomic E-state index is -3.60. The lowest BCUT2D eigenvalue weighted by Gasteiger charge is -2.20. The van der Waals surface area contributed by atoms with Gasteiger partial charge in [-0.2, -0.15) is 8.42 Å². The first-order chi connectivity index (χ1) is 11.0. The standard InChI is InChI=1S/C16H24BrNO5S/c1-16(2,3)22-15(19)18-11-7-10-14(23-24(4,20)21)12-8-5-6-9-13(12)17/h5-6,8-9,14H,7,10-11H2,1-4H3,(H,18,19)/t14-/m1/s1. The summed E-state index contributed by atoms with van der Waals surface area (Å²) in [6, 6.07) is 7.29. The molecule has 0 aliphatic rings. The molecule has 1 amide bonds. The lowest BCUT2D eigenvalue weighted by molar-refractivity contribution is 0.0524. The summed E-state index contributed by atoms with van der Waals surface area (Å²) in [7, 11) is -3.60. The highest BCUT2D eigenvalue weighted by Crippen LogP contribution is 2.30. The number of alkyl carbamates (subject to hydrolysis) is 1. The summed E-state index contributed by atoms with van der Waals surface area (Å²) < 4.78 is 34.1. The van der Waals surface area contributed by atoms with E-state index in [4.69, 9.17) is 8.92 Å². The molecular formula is C16H24BrNO5S. The molecule has 0 radical (unpaired) electrons. The van der Waals surface area contributed by atoms with Crippen molar-refractivity contribution in [3.63, 3.8) is 0 Å². The minimum Gasteiger partial charge on any atom is -0.444 e. The smallest absolute Gasteiger partial charge is 0.407 e. The largest absolute Gasteiger partial charge is 0.444 e. The van der Waals surface area contributed by atoms with Crippen molar-refractivity contribution in [1.29, 1.82) is 0 Å². The average Bonchev–Trinajstić information content (AvgIpc) is 2.39. The van der Waals surface area contributed by atoms with E-state index in [0.29, 0.717) is 19.4 Å². The Hall–Kier alpha value is -1.12. The fourth-order valence-electron chi connectivity index (χ4n) is 1.99. The second-order valence-electron chi connectivity index (χ2n) is 6.38. The summed E-state index contributed by atoms with van der Waals surface area (Å²) in [5.74, 6) is 0. The number of benzene rings is 1. The van der Waals surface area contributed by atoms with E-state index in [-0.39, 0.29) is 0 Å². The quantitative estimate of drug-likeness (QED) is 0.534. The molecule has 24 heavy (non-hydrogen) atoms. The van der Waals surface area contributed by atoms with Crippen molar-refractivity contribution < 1.29 is 22.1 Å². The van der Waals surface area contributed by atoms with Gasteiger partial charge in [0.15, 0.2) is 0 Å². The Balaban J connectivity index is 2.61. The summed E-state index contributed by atoms with van der Waals surface area (Å²) in [5.41, 5.74) is 0.196. The Morgan fingerprint density at radius 1 is 1.29 bits per heavy atom. The molecule has 0 aromatic heterocycles. The first-order valence-electron chi connectivity index (χ1n) is 7.57. The lowest BCUT2D eigenvalue weighted by atomic mass is 10.1. The van der Waals surface area contributed by atoms with Crippen molar-refractivity contribution in [2.75, 3.05) is 12.8 Å². The van der Waals surface area contributed by atoms with Gasteiger partial charge in [0.2, 0.25) is 0 Å². The normalized spacial score (nSPS) is 13.4. The Kier molecular flexibility index (Phi) is 7.69. The maximum Gasteiger partial charge on any atom is 0.407 e. The molecule has 8 heteroatoms. The van der Waals surface area contributed by atoms with Gasteiger partial charge in [0.25, 0.3) is 10.1 Å². The molecule has 1 aromatic carbocycles. The van der Waals surface area contributed by atoms with Gasteiger partial charge in [0, 0.05) is 11.0 Å². The topological polar surface area (TPSA) is 81.7 Å². The molecule has 0 aliphatic carbocycles. The summed E-state index contributed by atoms with van der Waals surface area (Å²) in [6.07, 6.45) is 0.891. The average molecular weight is 422 g/mol. The van der Waals surface area contributed by atoms with Crippen LogP contribution in [0.5, 0.6) is 0 Å². The summed E-state index contributed by atoms with van der Waals surface area (Å²) in [6.45, 7) is 5.73. The van der Waals surface area contributed by atoms with Gasteiger partial charge in [-0.15, -0.1) is 0 Å². The molecule has 0 unspecified atom stereocenters. The molecule has 0 saturated heterocycles. The lowest BCUT2D eigenvalue weighted by Crippen LogP contribution is -2.33. The second kappa shape index (κ2) is 8.82. The van der Waals surface area contributed by atoms with Gasteiger partial charge < -0.3 is 10.1 Å². The van der Waals surface area contributed by atoms with E-state index in [1.165, 1.54) is 0 Å². The number of nitrogens with one attached hydrogen (secondary N) is 1. The minimum absolute atomic E-state index is 0.364. The Morgan fingerprint density at radius 2 is 1.92 bits per heavy atom. The van der Waals surface area contributed by atoms with Crippen molar-refractivity contribution in [3.8, 4) is 0 Å². The molecule has 0 aliphatic heterocycles. The van der Waals surface area contributed by atoms with Crippen LogP contribution in [-0.2, 0) is 19.0 Å². The number of carbonyl (C=O) groups is 1. The van der Waals surface area contributed by atoms with Crippen LogP contribution in [0.3, 0.4) is 0 Å². The van der Waals surface area contributed by atoms with Crippen molar-refractivity contribution in [2.24, 2.45) is 0 Å². The molecule has 0 heterocycles. The maximum atomic E-state index is 11.6. The number of ether oxygens (including phenoxy) is 1. The van der Waals surface area contributed by atoms with Crippen LogP contribution < -0.4 is 5.32 Å². The first kappa shape index (κ1) is 20.9. The highest BCUT2D eigenvalue weighted by Gasteiger charge is 2.20. The van der Waals surface area contributed by atoms with Crippen molar-refractivity contribution in [3.05, 3.63) is 34.3 Å². The third-order valence-corrected chi connectivity index (χ3v) is 4.16. The Bertz CT molecular complexity index is 655. The predicted octanol–water partition coefficient (Wildman–Crippen LogP) is 3.77. The van der Waals surface area contributed by atoms with Gasteiger partial charge in [0.05, 0.1) is 6.26 Å². The zero-order valence-corrected chi connectivity index (χ0v) is 16.7. The van der Waals surface area contributed by atoms with Crippen molar-refractivity contribution in [1.82, 2.24) is 5.32 Å². The van der Waals surface area contributed by atoms with E-state index in [0.717, 1.165) is 16.3 Å². The highest BCUT2D eigenvalue weighted by molar-refractivity contribution is 9.10. The number of rotatable bonds is 7. The van der Waals surface area contributed by atoms with Crippen LogP contribution in [0, 0.1) is 0 Å². The summed E-state index contributed by atoms with van der Waals surface area (Å²) in [4.78, 5) is 11.6. The van der Waals surface area contributed by atoms with Crippen molar-refractivity contribution in [2.45, 2.75) is 45.3 Å². The van der Waals surface area contributed by atoms with Gasteiger partial charge >= 0.3 is 6.09 Å². The number of amides is 1. The van der Waals surface area contributed by atoms with Crippen LogP contribution in [-0.4, -0.2) is 32.9 Å². The molecule has 0 saturated carbocycles. The van der Waals surface area contributed by atoms with Gasteiger partial charge in [-0.1, -0.05) is 34.1 Å². The van der Waals surface area contributed by atoms with E-state index < -0.39 is 27.9 Å². The van der Waals surface area contributed by atoms with E-state index in [9.17, 15) is 13.2 Å². The Labute approximate surface area is 152 Å². The predicted molar refractivity (Wildman–Crippen MR) is 96.3 cm³/mol. The Morgan fingerprint density at radius 3 is 2.46 bits per heavy atom. The van der Waals surface area contributed by atoms with E-state index >= 15 is 0 Å². The molecule has 1 atom stereocenters. The molecule has 1 rings (SSSR count). The van der Waals surface area contributed by atoms with Crippen molar-refractivity contribution >= 4 is 32.1 Å². The van der Waals surface area contributed by atoms with Crippen LogP contribution >= 0.6 is 15.9 Å². The van der Waals surface area contributed by atoms with Crippen LogP contribution in [0.2, 0.25) is 0 Å². The third kappa shape index (κ3) is 8.65. The van der Waals surface area contributed by atoms with E-state index in [1.54, 1.807) is 26.8 Å². The molecule has 136 valence electrons. The number of halogens is 1. The van der Waals surface area contributed by atoms with Crippen LogP contribution in [0.1, 0.15) is 45.3 Å². The molecular weight excluding hydrogens is 398 g/mol. The fraction of sp³-hybridized carbons (Fsp3) is 0.562. The zero-order valence-electron chi connectivity index (χ0n) is 14.3. The number of hydrogen-bond acceptors (Lipinski definition) is 5. The number of hydrogen-bond donors (Lipinski definition) is 1. The van der Waals surface area contributed by atoms with Crippen LogP contribution in [0.15, 0.2) is 28.7 Å². The number of carbonyl (C=O) groups excluding carboxylic acids is 1. The molecule has 0 fully saturated rings. The molecule has 6 nitrogen and oxygen atoms in total. The van der Waals surface area contributed by atoms with E-state index in [2.05, 4.69) is 21.2 Å². The maximum absolute atomic E-state index is 11.6. The van der Waals surface area contributed by atoms with Crippen LogP contribution in [0.4, 0.5) is 4.79 Å². The monoisotopic (exact) mass is 421 g/mol. The molecule has 1 aromatic rings. The highest BCUT2D eigenvalue weighted by atomic mass is 79.9. The summed E-state index contributed by atoms with van der Waals surface area (Å²) in [5, 5.41) is 2.65. The second-order valence-corrected chi connectivity index (χ2v) is 8.84. The van der Waals surface area contributed by atoms with Gasteiger partial charge in [0.1, 0.15) is 11.7 Å². The molecule has 0 spiro atoms.